The molecule has 0 saturated carbocycles. The van der Waals surface area contributed by atoms with Crippen LogP contribution in [0.2, 0.25) is 0 Å². The first-order chi connectivity index (χ1) is 14.6. The topological polar surface area (TPSA) is 66.9 Å². The first kappa shape index (κ1) is 22.9. The van der Waals surface area contributed by atoms with E-state index in [2.05, 4.69) is 25.3 Å². The van der Waals surface area contributed by atoms with E-state index in [1.807, 2.05) is 25.1 Å². The molecule has 166 valence electrons. The van der Waals surface area contributed by atoms with Crippen molar-refractivity contribution in [3.05, 3.63) is 54.7 Å². The predicted molar refractivity (Wildman–Crippen MR) is 125 cm³/mol. The Kier molecular flexibility index (Phi) is 6.74. The maximum Gasteiger partial charge on any atom is 0.414 e. The summed E-state index contributed by atoms with van der Waals surface area (Å²) in [6.07, 6.45) is 2.62. The van der Waals surface area contributed by atoms with Crippen LogP contribution in [0.3, 0.4) is 0 Å². The van der Waals surface area contributed by atoms with Gasteiger partial charge in [-0.3, -0.25) is 4.90 Å². The number of sulfone groups is 1. The number of hydrogen-bond acceptors (Lipinski definition) is 5. The maximum absolute atomic E-state index is 12.9. The second kappa shape index (κ2) is 9.14. The van der Waals surface area contributed by atoms with Gasteiger partial charge in [0.1, 0.15) is 0 Å². The Hall–Kier alpha value is -2.80. The lowest BCUT2D eigenvalue weighted by Crippen LogP contribution is -2.49. The SMILES string of the molecule is C=C(C)N1c2ccc(-c3ccc(S(C)(=O)=O)cc3)cc2N(C(=O)OCCCC)C[C@@H]1C. The highest BCUT2D eigenvalue weighted by Gasteiger charge is 2.33. The molecule has 1 atom stereocenters. The largest absolute Gasteiger partial charge is 0.449 e. The summed E-state index contributed by atoms with van der Waals surface area (Å²) in [5, 5.41) is 0. The number of ether oxygens (including phenoxy) is 1. The number of anilines is 2. The summed E-state index contributed by atoms with van der Waals surface area (Å²) in [5.41, 5.74) is 4.32. The third kappa shape index (κ3) is 4.93. The van der Waals surface area contributed by atoms with Crippen molar-refractivity contribution in [1.29, 1.82) is 0 Å². The molecule has 0 fully saturated rings. The Labute approximate surface area is 185 Å². The molecule has 0 spiro atoms. The van der Waals surface area contributed by atoms with Crippen LogP contribution in [0.5, 0.6) is 0 Å². The van der Waals surface area contributed by atoms with Gasteiger partial charge in [0.25, 0.3) is 0 Å². The molecule has 1 aliphatic rings. The smallest absolute Gasteiger partial charge is 0.414 e. The van der Waals surface area contributed by atoms with E-state index < -0.39 is 9.84 Å². The summed E-state index contributed by atoms with van der Waals surface area (Å²) >= 11 is 0. The van der Waals surface area contributed by atoms with Gasteiger partial charge in [0, 0.05) is 24.5 Å². The van der Waals surface area contributed by atoms with Crippen molar-refractivity contribution >= 4 is 27.3 Å². The van der Waals surface area contributed by atoms with Gasteiger partial charge in [-0.15, -0.1) is 0 Å². The molecule has 31 heavy (non-hydrogen) atoms. The number of nitrogens with zero attached hydrogens (tertiary/aromatic N) is 2. The zero-order valence-electron chi connectivity index (χ0n) is 18.6. The number of carbonyl (C=O) groups is 1. The molecule has 1 aliphatic heterocycles. The number of hydrogen-bond donors (Lipinski definition) is 0. The van der Waals surface area contributed by atoms with Gasteiger partial charge in [-0.25, -0.2) is 13.2 Å². The third-order valence-electron chi connectivity index (χ3n) is 5.38. The molecule has 6 nitrogen and oxygen atoms in total. The van der Waals surface area contributed by atoms with E-state index in [9.17, 15) is 13.2 Å². The quantitative estimate of drug-likeness (QED) is 0.572. The summed E-state index contributed by atoms with van der Waals surface area (Å²) in [5.74, 6) is 0. The maximum atomic E-state index is 12.9. The lowest BCUT2D eigenvalue weighted by Gasteiger charge is -2.42. The van der Waals surface area contributed by atoms with Gasteiger partial charge < -0.3 is 9.64 Å². The average Bonchev–Trinajstić information content (AvgIpc) is 2.72. The highest BCUT2D eigenvalue weighted by Crippen LogP contribution is 2.40. The first-order valence-electron chi connectivity index (χ1n) is 10.5. The highest BCUT2D eigenvalue weighted by molar-refractivity contribution is 7.90. The van der Waals surface area contributed by atoms with Crippen molar-refractivity contribution in [3.63, 3.8) is 0 Å². The monoisotopic (exact) mass is 442 g/mol. The number of rotatable bonds is 6. The van der Waals surface area contributed by atoms with Crippen LogP contribution in [-0.4, -0.2) is 40.0 Å². The fourth-order valence-electron chi connectivity index (χ4n) is 3.84. The van der Waals surface area contributed by atoms with E-state index in [0.29, 0.717) is 13.2 Å². The number of amides is 1. The first-order valence-corrected chi connectivity index (χ1v) is 12.4. The van der Waals surface area contributed by atoms with Crippen LogP contribution in [0.25, 0.3) is 11.1 Å². The van der Waals surface area contributed by atoms with E-state index in [-0.39, 0.29) is 17.0 Å². The van der Waals surface area contributed by atoms with Crippen molar-refractivity contribution in [2.45, 2.75) is 44.6 Å². The summed E-state index contributed by atoms with van der Waals surface area (Å²) < 4.78 is 29.0. The van der Waals surface area contributed by atoms with Crippen LogP contribution in [-0.2, 0) is 14.6 Å². The van der Waals surface area contributed by atoms with Crippen molar-refractivity contribution in [2.24, 2.45) is 0 Å². The number of carbonyl (C=O) groups excluding carboxylic acids is 1. The van der Waals surface area contributed by atoms with Crippen LogP contribution in [0.1, 0.15) is 33.6 Å². The van der Waals surface area contributed by atoms with E-state index in [1.54, 1.807) is 29.2 Å². The molecule has 1 heterocycles. The molecule has 0 N–H and O–H groups in total. The van der Waals surface area contributed by atoms with Gasteiger partial charge in [-0.1, -0.05) is 38.1 Å². The van der Waals surface area contributed by atoms with Crippen molar-refractivity contribution in [2.75, 3.05) is 29.2 Å². The fraction of sp³-hybridized carbons (Fsp3) is 0.375. The summed E-state index contributed by atoms with van der Waals surface area (Å²) in [6, 6.07) is 12.7. The minimum Gasteiger partial charge on any atom is -0.449 e. The average molecular weight is 443 g/mol. The summed E-state index contributed by atoms with van der Waals surface area (Å²) in [4.78, 5) is 16.9. The Balaban J connectivity index is 2.02. The zero-order chi connectivity index (χ0) is 22.8. The Bertz CT molecular complexity index is 1080. The molecule has 0 unspecified atom stereocenters. The van der Waals surface area contributed by atoms with Crippen LogP contribution in [0, 0.1) is 0 Å². The van der Waals surface area contributed by atoms with Gasteiger partial charge in [0.05, 0.1) is 22.9 Å². The number of allylic oxidation sites excluding steroid dienone is 1. The highest BCUT2D eigenvalue weighted by atomic mass is 32.2. The Morgan fingerprint density at radius 3 is 2.35 bits per heavy atom. The fourth-order valence-corrected chi connectivity index (χ4v) is 4.47. The Morgan fingerprint density at radius 1 is 1.13 bits per heavy atom. The van der Waals surface area contributed by atoms with E-state index in [0.717, 1.165) is 41.0 Å². The van der Waals surface area contributed by atoms with Crippen molar-refractivity contribution < 1.29 is 17.9 Å². The third-order valence-corrected chi connectivity index (χ3v) is 6.51. The van der Waals surface area contributed by atoms with E-state index in [1.165, 1.54) is 6.26 Å². The van der Waals surface area contributed by atoms with Crippen molar-refractivity contribution in [3.8, 4) is 11.1 Å². The molecule has 0 aromatic heterocycles. The van der Waals surface area contributed by atoms with Gasteiger partial charge in [-0.2, -0.15) is 0 Å². The molecule has 0 saturated heterocycles. The van der Waals surface area contributed by atoms with Gasteiger partial charge >= 0.3 is 6.09 Å². The Morgan fingerprint density at radius 2 is 1.77 bits per heavy atom. The molecule has 0 radical (unpaired) electrons. The number of fused-ring (bicyclic) bond motifs is 1. The molecule has 0 aliphatic carbocycles. The lowest BCUT2D eigenvalue weighted by atomic mass is 10.0. The lowest BCUT2D eigenvalue weighted by molar-refractivity contribution is 0.151. The summed E-state index contributed by atoms with van der Waals surface area (Å²) in [6.45, 7) is 11.1. The summed E-state index contributed by atoms with van der Waals surface area (Å²) in [7, 11) is -3.26. The van der Waals surface area contributed by atoms with Gasteiger partial charge in [-0.05, 0) is 55.7 Å². The number of unbranched alkanes of at least 4 members (excludes halogenated alkanes) is 1. The molecule has 7 heteroatoms. The predicted octanol–water partition coefficient (Wildman–Crippen LogP) is 5.24. The molecule has 3 rings (SSSR count). The molecular formula is C24H30N2O4S. The van der Waals surface area contributed by atoms with Crippen LogP contribution < -0.4 is 9.80 Å². The van der Waals surface area contributed by atoms with Crippen LogP contribution in [0.15, 0.2) is 59.6 Å². The second-order valence-electron chi connectivity index (χ2n) is 8.03. The van der Waals surface area contributed by atoms with Crippen LogP contribution in [0.4, 0.5) is 16.2 Å². The van der Waals surface area contributed by atoms with Crippen molar-refractivity contribution in [1.82, 2.24) is 0 Å². The zero-order valence-corrected chi connectivity index (χ0v) is 19.4. The standard InChI is InChI=1S/C24H30N2O4S/c1-6-7-14-30-24(27)25-16-18(4)26(17(2)3)22-13-10-20(15-23(22)25)19-8-11-21(12-9-19)31(5,28)29/h8-13,15,18H,2,6-7,14,16H2,1,3-5H3/t18-/m0/s1. The minimum absolute atomic E-state index is 0.0589. The molecular weight excluding hydrogens is 412 g/mol. The number of benzene rings is 2. The minimum atomic E-state index is -3.26. The second-order valence-corrected chi connectivity index (χ2v) is 10.0. The normalized spacial score (nSPS) is 16.1. The molecule has 0 bridgehead atoms. The molecule has 2 aromatic carbocycles. The van der Waals surface area contributed by atoms with Gasteiger partial charge in [0.15, 0.2) is 9.84 Å². The molecule has 1 amide bonds. The van der Waals surface area contributed by atoms with Gasteiger partial charge in [0.2, 0.25) is 0 Å². The molecule has 2 aromatic rings. The van der Waals surface area contributed by atoms with E-state index in [4.69, 9.17) is 4.74 Å². The van der Waals surface area contributed by atoms with E-state index >= 15 is 0 Å². The van der Waals surface area contributed by atoms with Crippen LogP contribution >= 0.6 is 0 Å².